The minimum Gasteiger partial charge on any atom is -0.506 e. The van der Waals surface area contributed by atoms with Gasteiger partial charge in [0.2, 0.25) is 0 Å². The van der Waals surface area contributed by atoms with E-state index in [1.165, 1.54) is 6.08 Å². The Morgan fingerprint density at radius 2 is 1.52 bits per heavy atom. The summed E-state index contributed by atoms with van der Waals surface area (Å²) in [5, 5.41) is 12.0. The van der Waals surface area contributed by atoms with Crippen molar-refractivity contribution in [3.63, 3.8) is 0 Å². The number of barbiturate groups is 1. The van der Waals surface area contributed by atoms with Crippen molar-refractivity contribution < 1.29 is 19.5 Å². The van der Waals surface area contributed by atoms with Gasteiger partial charge in [-0.2, -0.15) is 0 Å². The molecule has 2 aromatic rings. The molecular formula is C19H14Br2N2O4. The van der Waals surface area contributed by atoms with Crippen molar-refractivity contribution in [2.75, 3.05) is 4.90 Å². The summed E-state index contributed by atoms with van der Waals surface area (Å²) in [6.45, 7) is 3.71. The van der Waals surface area contributed by atoms with Crippen LogP contribution in [0.4, 0.5) is 10.5 Å². The van der Waals surface area contributed by atoms with Gasteiger partial charge >= 0.3 is 6.03 Å². The number of aromatic hydroxyl groups is 1. The number of urea groups is 1. The molecule has 0 aliphatic carbocycles. The molecule has 2 aromatic carbocycles. The number of aryl methyl sites for hydroxylation is 2. The monoisotopic (exact) mass is 492 g/mol. The maximum Gasteiger partial charge on any atom is 0.335 e. The molecule has 0 spiro atoms. The summed E-state index contributed by atoms with van der Waals surface area (Å²) in [6.07, 6.45) is 1.37. The van der Waals surface area contributed by atoms with Gasteiger partial charge in [0.1, 0.15) is 11.3 Å². The number of halogens is 2. The summed E-state index contributed by atoms with van der Waals surface area (Å²) < 4.78 is 0.796. The number of hydrogen-bond acceptors (Lipinski definition) is 4. The molecule has 6 nitrogen and oxygen atoms in total. The smallest absolute Gasteiger partial charge is 0.335 e. The number of benzene rings is 2. The van der Waals surface area contributed by atoms with E-state index in [0.29, 0.717) is 20.2 Å². The zero-order valence-electron chi connectivity index (χ0n) is 14.3. The number of amides is 4. The highest BCUT2D eigenvalue weighted by Crippen LogP contribution is 2.34. The predicted octanol–water partition coefficient (Wildman–Crippen LogP) is 4.20. The van der Waals surface area contributed by atoms with Crippen molar-refractivity contribution in [3.8, 4) is 5.75 Å². The second-order valence-corrected chi connectivity index (χ2v) is 7.85. The highest BCUT2D eigenvalue weighted by molar-refractivity contribution is 9.11. The molecule has 4 amide bonds. The first-order valence-corrected chi connectivity index (χ1v) is 9.43. The minimum atomic E-state index is -0.791. The number of hydrogen-bond donors (Lipinski definition) is 2. The second kappa shape index (κ2) is 7.28. The first-order chi connectivity index (χ1) is 12.7. The normalized spacial score (nSPS) is 16.1. The van der Waals surface area contributed by atoms with Crippen LogP contribution >= 0.6 is 31.9 Å². The standard InChI is InChI=1S/C19H14Br2N2O4/c1-9-3-10(2)5-12(4-9)23-18(26)13(17(25)22-19(23)27)6-11-7-14(20)16(24)15(21)8-11/h3-8,24H,1-2H3,(H,22,25,27). The van der Waals surface area contributed by atoms with Crippen LogP contribution in [0.5, 0.6) is 5.75 Å². The van der Waals surface area contributed by atoms with Crippen molar-refractivity contribution in [1.82, 2.24) is 5.32 Å². The molecule has 1 aliphatic rings. The lowest BCUT2D eigenvalue weighted by molar-refractivity contribution is -0.122. The summed E-state index contributed by atoms with van der Waals surface area (Å²) in [5.41, 5.74) is 2.48. The molecule has 3 rings (SSSR count). The topological polar surface area (TPSA) is 86.7 Å². The third kappa shape index (κ3) is 3.81. The van der Waals surface area contributed by atoms with Crippen LogP contribution < -0.4 is 10.2 Å². The maximum atomic E-state index is 12.9. The van der Waals surface area contributed by atoms with E-state index in [2.05, 4.69) is 37.2 Å². The van der Waals surface area contributed by atoms with Gasteiger partial charge < -0.3 is 5.11 Å². The van der Waals surface area contributed by atoms with Crippen LogP contribution in [0.3, 0.4) is 0 Å². The van der Waals surface area contributed by atoms with Gasteiger partial charge in [0.25, 0.3) is 11.8 Å². The van der Waals surface area contributed by atoms with Crippen LogP contribution in [0.25, 0.3) is 6.08 Å². The Kier molecular flexibility index (Phi) is 5.21. The van der Waals surface area contributed by atoms with Crippen molar-refractivity contribution in [3.05, 3.63) is 61.5 Å². The van der Waals surface area contributed by atoms with E-state index in [1.54, 1.807) is 24.3 Å². The van der Waals surface area contributed by atoms with Gasteiger partial charge in [0.15, 0.2) is 0 Å². The quantitative estimate of drug-likeness (QED) is 0.484. The van der Waals surface area contributed by atoms with Crippen LogP contribution in [0.2, 0.25) is 0 Å². The molecule has 1 aliphatic heterocycles. The van der Waals surface area contributed by atoms with Crippen LogP contribution in [0.15, 0.2) is 44.9 Å². The molecule has 2 N–H and O–H groups in total. The number of nitrogens with one attached hydrogen (secondary N) is 1. The Bertz CT molecular complexity index is 987. The molecule has 0 saturated carbocycles. The Labute approximate surface area is 172 Å². The number of phenols is 1. The van der Waals surface area contributed by atoms with Crippen molar-refractivity contribution in [1.29, 1.82) is 0 Å². The van der Waals surface area contributed by atoms with Crippen molar-refractivity contribution in [2.24, 2.45) is 0 Å². The van der Waals surface area contributed by atoms with Gasteiger partial charge in [0, 0.05) is 0 Å². The third-order valence-corrected chi connectivity index (χ3v) is 5.13. The van der Waals surface area contributed by atoms with Gasteiger partial charge in [-0.15, -0.1) is 0 Å². The molecule has 0 radical (unpaired) electrons. The third-order valence-electron chi connectivity index (χ3n) is 3.92. The van der Waals surface area contributed by atoms with Crippen molar-refractivity contribution in [2.45, 2.75) is 13.8 Å². The van der Waals surface area contributed by atoms with E-state index >= 15 is 0 Å². The first kappa shape index (κ1) is 19.3. The van der Waals surface area contributed by atoms with Crippen LogP contribution in [-0.2, 0) is 9.59 Å². The number of imide groups is 2. The van der Waals surface area contributed by atoms with E-state index in [4.69, 9.17) is 0 Å². The zero-order valence-corrected chi connectivity index (χ0v) is 17.5. The Balaban J connectivity index is 2.07. The van der Waals surface area contributed by atoms with E-state index in [-0.39, 0.29) is 11.3 Å². The Hall–Kier alpha value is -2.45. The lowest BCUT2D eigenvalue weighted by atomic mass is 10.1. The summed E-state index contributed by atoms with van der Waals surface area (Å²) in [4.78, 5) is 38.4. The SMILES string of the molecule is Cc1cc(C)cc(N2C(=O)NC(=O)C(=Cc3cc(Br)c(O)c(Br)c3)C2=O)c1. The highest BCUT2D eigenvalue weighted by Gasteiger charge is 2.37. The average Bonchev–Trinajstić information content (AvgIpc) is 2.55. The number of rotatable bonds is 2. The van der Waals surface area contributed by atoms with E-state index in [1.807, 2.05) is 19.9 Å². The largest absolute Gasteiger partial charge is 0.506 e. The van der Waals surface area contributed by atoms with Crippen LogP contribution in [-0.4, -0.2) is 23.0 Å². The highest BCUT2D eigenvalue weighted by atomic mass is 79.9. The molecule has 0 aromatic heterocycles. The van der Waals surface area contributed by atoms with Gasteiger partial charge in [-0.05, 0) is 92.7 Å². The molecule has 0 bridgehead atoms. The molecule has 0 unspecified atom stereocenters. The molecule has 1 heterocycles. The predicted molar refractivity (Wildman–Crippen MR) is 108 cm³/mol. The van der Waals surface area contributed by atoms with Gasteiger partial charge in [-0.1, -0.05) is 6.07 Å². The molecule has 0 atom stereocenters. The number of anilines is 1. The lowest BCUT2D eigenvalue weighted by Crippen LogP contribution is -2.54. The molecule has 1 saturated heterocycles. The van der Waals surface area contributed by atoms with Gasteiger partial charge in [-0.3, -0.25) is 14.9 Å². The summed E-state index contributed by atoms with van der Waals surface area (Å²) in [7, 11) is 0. The number of carbonyl (C=O) groups is 3. The fourth-order valence-electron chi connectivity index (χ4n) is 2.81. The van der Waals surface area contributed by atoms with E-state index in [0.717, 1.165) is 16.0 Å². The fourth-order valence-corrected chi connectivity index (χ4v) is 4.03. The summed E-state index contributed by atoms with van der Waals surface area (Å²) in [5.74, 6) is -1.48. The molecular weight excluding hydrogens is 480 g/mol. The molecule has 8 heteroatoms. The number of phenolic OH excluding ortho intramolecular Hbond substituents is 1. The van der Waals surface area contributed by atoms with Crippen LogP contribution in [0.1, 0.15) is 16.7 Å². The average molecular weight is 494 g/mol. The molecule has 138 valence electrons. The maximum absolute atomic E-state index is 12.9. The van der Waals surface area contributed by atoms with E-state index < -0.39 is 17.8 Å². The van der Waals surface area contributed by atoms with Crippen LogP contribution in [0, 0.1) is 13.8 Å². The first-order valence-electron chi connectivity index (χ1n) is 7.85. The molecule has 1 fully saturated rings. The minimum absolute atomic E-state index is 0.00334. The van der Waals surface area contributed by atoms with E-state index in [9.17, 15) is 19.5 Å². The van der Waals surface area contributed by atoms with Gasteiger partial charge in [-0.25, -0.2) is 9.69 Å². The number of nitrogens with zero attached hydrogens (tertiary/aromatic N) is 1. The van der Waals surface area contributed by atoms with Crippen molar-refractivity contribution >= 4 is 61.5 Å². The fraction of sp³-hybridized carbons (Fsp3) is 0.105. The summed E-state index contributed by atoms with van der Waals surface area (Å²) in [6, 6.07) is 7.65. The number of carbonyl (C=O) groups excluding carboxylic acids is 3. The zero-order chi connectivity index (χ0) is 19.9. The van der Waals surface area contributed by atoms with Gasteiger partial charge in [0.05, 0.1) is 14.6 Å². The Morgan fingerprint density at radius 1 is 0.963 bits per heavy atom. The molecule has 27 heavy (non-hydrogen) atoms. The second-order valence-electron chi connectivity index (χ2n) is 6.14. The Morgan fingerprint density at radius 3 is 2.07 bits per heavy atom. The lowest BCUT2D eigenvalue weighted by Gasteiger charge is -2.27. The summed E-state index contributed by atoms with van der Waals surface area (Å²) >= 11 is 6.41.